The molecule has 1 aromatic carbocycles. The van der Waals surface area contributed by atoms with Crippen LogP contribution in [0.4, 0.5) is 14.9 Å². The molecule has 0 saturated heterocycles. The van der Waals surface area contributed by atoms with Gasteiger partial charge in [-0.15, -0.1) is 0 Å². The van der Waals surface area contributed by atoms with Gasteiger partial charge in [0.25, 0.3) is 0 Å². The first kappa shape index (κ1) is 14.9. The third-order valence-corrected chi connectivity index (χ3v) is 2.47. The first-order chi connectivity index (χ1) is 8.81. The molecule has 0 aliphatic heterocycles. The minimum absolute atomic E-state index is 0.355. The van der Waals surface area contributed by atoms with E-state index in [-0.39, 0.29) is 0 Å². The number of carbonyl (C=O) groups excluding carboxylic acids is 1. The third-order valence-electron chi connectivity index (χ3n) is 2.47. The molecule has 104 valence electrons. The molecule has 0 bridgehead atoms. The predicted molar refractivity (Wildman–Crippen MR) is 66.4 cm³/mol. The van der Waals surface area contributed by atoms with Gasteiger partial charge in [-0.3, -0.25) is 0 Å². The molecule has 0 aromatic heterocycles. The van der Waals surface area contributed by atoms with Gasteiger partial charge in [-0.1, -0.05) is 0 Å². The van der Waals surface area contributed by atoms with E-state index in [0.717, 1.165) is 0 Å². The van der Waals surface area contributed by atoms with Crippen LogP contribution in [0.25, 0.3) is 0 Å². The zero-order valence-electron chi connectivity index (χ0n) is 10.5. The van der Waals surface area contributed by atoms with Crippen molar-refractivity contribution in [1.82, 2.24) is 5.32 Å². The van der Waals surface area contributed by atoms with Crippen LogP contribution in [0.2, 0.25) is 0 Å². The topological polar surface area (TPSA) is 98.7 Å². The van der Waals surface area contributed by atoms with Crippen molar-refractivity contribution >= 4 is 17.7 Å². The standard InChI is InChI=1S/C12H15FN2O4/c1-6-5-8(13)3-4-9(6)14-12(19)15-10(7(2)16)11(17)18/h3-5,7,10,16H,1-2H3,(H,17,18)(H2,14,15,19). The Morgan fingerprint density at radius 2 is 2.00 bits per heavy atom. The summed E-state index contributed by atoms with van der Waals surface area (Å²) >= 11 is 0. The molecule has 2 amide bonds. The van der Waals surface area contributed by atoms with Crippen molar-refractivity contribution in [3.63, 3.8) is 0 Å². The number of hydrogen-bond acceptors (Lipinski definition) is 3. The van der Waals surface area contributed by atoms with Crippen LogP contribution in [0.15, 0.2) is 18.2 Å². The number of aryl methyl sites for hydroxylation is 1. The van der Waals surface area contributed by atoms with Gasteiger partial charge >= 0.3 is 12.0 Å². The Labute approximate surface area is 109 Å². The van der Waals surface area contributed by atoms with Crippen molar-refractivity contribution in [3.8, 4) is 0 Å². The van der Waals surface area contributed by atoms with E-state index in [1.807, 2.05) is 0 Å². The minimum Gasteiger partial charge on any atom is -0.480 e. The zero-order chi connectivity index (χ0) is 14.6. The van der Waals surface area contributed by atoms with E-state index in [0.29, 0.717) is 11.3 Å². The molecule has 2 unspecified atom stereocenters. The van der Waals surface area contributed by atoms with Gasteiger partial charge in [-0.25, -0.2) is 14.0 Å². The Morgan fingerprint density at radius 3 is 2.47 bits per heavy atom. The molecule has 0 radical (unpaired) electrons. The lowest BCUT2D eigenvalue weighted by Gasteiger charge is -2.18. The molecule has 0 saturated carbocycles. The summed E-state index contributed by atoms with van der Waals surface area (Å²) in [5.41, 5.74) is 0.854. The second-order valence-corrected chi connectivity index (χ2v) is 4.11. The van der Waals surface area contributed by atoms with Crippen molar-refractivity contribution in [2.24, 2.45) is 0 Å². The first-order valence-corrected chi connectivity index (χ1v) is 5.56. The number of urea groups is 1. The lowest BCUT2D eigenvalue weighted by atomic mass is 10.2. The largest absolute Gasteiger partial charge is 0.480 e. The molecule has 2 atom stereocenters. The van der Waals surface area contributed by atoms with Crippen molar-refractivity contribution in [3.05, 3.63) is 29.6 Å². The lowest BCUT2D eigenvalue weighted by Crippen LogP contribution is -2.49. The van der Waals surface area contributed by atoms with Gasteiger partial charge in [0.2, 0.25) is 0 Å². The summed E-state index contributed by atoms with van der Waals surface area (Å²) in [6.45, 7) is 2.85. The molecule has 0 aliphatic carbocycles. The van der Waals surface area contributed by atoms with Crippen LogP contribution in [0, 0.1) is 12.7 Å². The van der Waals surface area contributed by atoms with E-state index in [2.05, 4.69) is 10.6 Å². The van der Waals surface area contributed by atoms with E-state index in [4.69, 9.17) is 5.11 Å². The fourth-order valence-corrected chi connectivity index (χ4v) is 1.46. The maximum atomic E-state index is 12.9. The Hall–Kier alpha value is -2.15. The number of amides is 2. The molecule has 0 heterocycles. The van der Waals surface area contributed by atoms with Gasteiger partial charge in [0.05, 0.1) is 6.10 Å². The van der Waals surface area contributed by atoms with Crippen LogP contribution in [0.3, 0.4) is 0 Å². The zero-order valence-corrected chi connectivity index (χ0v) is 10.5. The van der Waals surface area contributed by atoms with Crippen LogP contribution >= 0.6 is 0 Å². The van der Waals surface area contributed by atoms with Crippen molar-refractivity contribution in [1.29, 1.82) is 0 Å². The van der Waals surface area contributed by atoms with Crippen molar-refractivity contribution in [2.75, 3.05) is 5.32 Å². The number of aliphatic hydroxyl groups is 1. The normalized spacial score (nSPS) is 13.5. The van der Waals surface area contributed by atoms with Crippen LogP contribution in [-0.4, -0.2) is 34.4 Å². The third kappa shape index (κ3) is 4.22. The maximum Gasteiger partial charge on any atom is 0.328 e. The number of aliphatic hydroxyl groups excluding tert-OH is 1. The van der Waals surface area contributed by atoms with Crippen LogP contribution in [0.1, 0.15) is 12.5 Å². The highest BCUT2D eigenvalue weighted by molar-refractivity contribution is 5.93. The number of aliphatic carboxylic acids is 1. The second-order valence-electron chi connectivity index (χ2n) is 4.11. The Balaban J connectivity index is 2.72. The first-order valence-electron chi connectivity index (χ1n) is 5.56. The van der Waals surface area contributed by atoms with Crippen molar-refractivity contribution in [2.45, 2.75) is 26.0 Å². The van der Waals surface area contributed by atoms with E-state index in [1.54, 1.807) is 6.92 Å². The van der Waals surface area contributed by atoms with E-state index in [9.17, 15) is 19.1 Å². The molecule has 4 N–H and O–H groups in total. The van der Waals surface area contributed by atoms with Gasteiger partial charge in [0, 0.05) is 5.69 Å². The highest BCUT2D eigenvalue weighted by Gasteiger charge is 2.25. The molecule has 7 heteroatoms. The van der Waals surface area contributed by atoms with Gasteiger partial charge in [0.1, 0.15) is 5.82 Å². The highest BCUT2D eigenvalue weighted by atomic mass is 19.1. The number of anilines is 1. The second kappa shape index (κ2) is 6.14. The Kier molecular flexibility index (Phi) is 4.82. The number of carbonyl (C=O) groups is 2. The fourth-order valence-electron chi connectivity index (χ4n) is 1.46. The average molecular weight is 270 g/mol. The predicted octanol–water partition coefficient (Wildman–Crippen LogP) is 1.09. The molecule has 1 rings (SSSR count). The molecule has 6 nitrogen and oxygen atoms in total. The Morgan fingerprint density at radius 1 is 1.37 bits per heavy atom. The summed E-state index contributed by atoms with van der Waals surface area (Å²) in [6, 6.07) is 1.57. The van der Waals surface area contributed by atoms with Gasteiger partial charge < -0.3 is 20.8 Å². The van der Waals surface area contributed by atoms with Crippen LogP contribution in [-0.2, 0) is 4.79 Å². The van der Waals surface area contributed by atoms with Gasteiger partial charge in [-0.2, -0.15) is 0 Å². The van der Waals surface area contributed by atoms with Crippen LogP contribution < -0.4 is 10.6 Å². The van der Waals surface area contributed by atoms with Crippen molar-refractivity contribution < 1.29 is 24.2 Å². The van der Waals surface area contributed by atoms with E-state index < -0.39 is 30.0 Å². The number of carboxylic acids is 1. The summed E-state index contributed by atoms with van der Waals surface area (Å²) in [4.78, 5) is 22.4. The molecule has 19 heavy (non-hydrogen) atoms. The maximum absolute atomic E-state index is 12.9. The number of carboxylic acid groups (broad SMARTS) is 1. The smallest absolute Gasteiger partial charge is 0.328 e. The molecule has 0 aliphatic rings. The minimum atomic E-state index is -1.42. The van der Waals surface area contributed by atoms with E-state index in [1.165, 1.54) is 25.1 Å². The number of hydrogen-bond donors (Lipinski definition) is 4. The number of halogens is 1. The van der Waals surface area contributed by atoms with Gasteiger partial charge in [-0.05, 0) is 37.6 Å². The SMILES string of the molecule is Cc1cc(F)ccc1NC(=O)NC(C(=O)O)C(C)O. The monoisotopic (exact) mass is 270 g/mol. The van der Waals surface area contributed by atoms with Gasteiger partial charge in [0.15, 0.2) is 6.04 Å². The quantitative estimate of drug-likeness (QED) is 0.658. The Bertz CT molecular complexity index is 491. The fraction of sp³-hybridized carbons (Fsp3) is 0.333. The summed E-state index contributed by atoms with van der Waals surface area (Å²) < 4.78 is 12.9. The van der Waals surface area contributed by atoms with E-state index >= 15 is 0 Å². The summed E-state index contributed by atoms with van der Waals surface area (Å²) in [6.07, 6.45) is -1.24. The summed E-state index contributed by atoms with van der Waals surface area (Å²) in [7, 11) is 0. The number of nitrogens with one attached hydrogen (secondary N) is 2. The average Bonchev–Trinajstić information content (AvgIpc) is 2.29. The molecular weight excluding hydrogens is 255 g/mol. The molecule has 1 aromatic rings. The van der Waals surface area contributed by atoms with Crippen LogP contribution in [0.5, 0.6) is 0 Å². The molecule has 0 fully saturated rings. The highest BCUT2D eigenvalue weighted by Crippen LogP contribution is 2.15. The summed E-state index contributed by atoms with van der Waals surface area (Å²) in [5, 5.41) is 22.5. The molecule has 0 spiro atoms. The molecular formula is C12H15FN2O4. The lowest BCUT2D eigenvalue weighted by molar-refractivity contribution is -0.141. The number of rotatable bonds is 4. The summed E-state index contributed by atoms with van der Waals surface area (Å²) in [5.74, 6) is -1.78. The number of benzene rings is 1.